The molecule has 0 atom stereocenters. The number of halogens is 2. The Labute approximate surface area is 109 Å². The summed E-state index contributed by atoms with van der Waals surface area (Å²) in [6.07, 6.45) is 2.68. The van der Waals surface area contributed by atoms with Gasteiger partial charge in [-0.25, -0.2) is 9.37 Å². The number of benzene rings is 1. The highest BCUT2D eigenvalue weighted by atomic mass is 35.5. The zero-order valence-electron chi connectivity index (χ0n) is 9.84. The average molecular weight is 267 g/mol. The topological polar surface area (TPSA) is 45.8 Å². The second kappa shape index (κ2) is 5.31. The van der Waals surface area contributed by atoms with E-state index in [1.807, 2.05) is 0 Å². The first kappa shape index (κ1) is 12.8. The zero-order chi connectivity index (χ0) is 13.1. The number of aryl methyl sites for hydroxylation is 1. The van der Waals surface area contributed by atoms with Crippen LogP contribution in [0.25, 0.3) is 11.3 Å². The lowest BCUT2D eigenvalue weighted by atomic mass is 10.2. The van der Waals surface area contributed by atoms with Crippen LogP contribution < -0.4 is 0 Å². The molecule has 0 amide bonds. The Hall–Kier alpha value is -1.68. The molecule has 5 heteroatoms. The maximum atomic E-state index is 13.0. The average Bonchev–Trinajstić information content (AvgIpc) is 2.79. The van der Waals surface area contributed by atoms with Gasteiger partial charge in [-0.3, -0.25) is 0 Å². The van der Waals surface area contributed by atoms with Gasteiger partial charge in [0.1, 0.15) is 17.4 Å². The quantitative estimate of drug-likeness (QED) is 0.922. The largest absolute Gasteiger partial charge is 0.342 e. The van der Waals surface area contributed by atoms with Crippen LogP contribution in [0.15, 0.2) is 24.4 Å². The third-order valence-electron chi connectivity index (χ3n) is 2.57. The molecule has 1 heterocycles. The lowest BCUT2D eigenvalue weighted by molar-refractivity contribution is -0.117. The Morgan fingerprint density at radius 3 is 2.94 bits per heavy atom. The summed E-state index contributed by atoms with van der Waals surface area (Å²) in [5, 5.41) is 0.0763. The van der Waals surface area contributed by atoms with Gasteiger partial charge in [0.2, 0.25) is 0 Å². The highest BCUT2D eigenvalue weighted by Gasteiger charge is 2.07. The van der Waals surface area contributed by atoms with E-state index in [1.54, 1.807) is 25.3 Å². The number of imidazole rings is 1. The molecule has 0 spiro atoms. The third-order valence-corrected chi connectivity index (χ3v) is 2.86. The molecule has 1 N–H and O–H groups in total. The number of H-pyrrole nitrogens is 1. The fraction of sp³-hybridized carbons (Fsp3) is 0.231. The van der Waals surface area contributed by atoms with E-state index < -0.39 is 5.82 Å². The van der Waals surface area contributed by atoms with Crippen molar-refractivity contribution in [1.82, 2.24) is 9.97 Å². The molecule has 0 aliphatic heterocycles. The van der Waals surface area contributed by atoms with Crippen molar-refractivity contribution in [2.75, 3.05) is 0 Å². The third kappa shape index (κ3) is 2.96. The number of hydrogen-bond donors (Lipinski definition) is 1. The fourth-order valence-corrected chi connectivity index (χ4v) is 1.77. The second-order valence-corrected chi connectivity index (χ2v) is 4.48. The lowest BCUT2D eigenvalue weighted by Crippen LogP contribution is -1.95. The van der Waals surface area contributed by atoms with E-state index >= 15 is 0 Å². The lowest BCUT2D eigenvalue weighted by Gasteiger charge is -1.99. The first-order chi connectivity index (χ1) is 8.56. The maximum absolute atomic E-state index is 13.0. The van der Waals surface area contributed by atoms with Crippen LogP contribution in [0, 0.1) is 5.82 Å². The molecule has 3 nitrogen and oxygen atoms in total. The monoisotopic (exact) mass is 266 g/mol. The first-order valence-electron chi connectivity index (χ1n) is 5.55. The van der Waals surface area contributed by atoms with Gasteiger partial charge in [0.25, 0.3) is 0 Å². The first-order valence-corrected chi connectivity index (χ1v) is 5.93. The van der Waals surface area contributed by atoms with Crippen molar-refractivity contribution >= 4 is 17.4 Å². The van der Waals surface area contributed by atoms with Crippen molar-refractivity contribution in [3.05, 3.63) is 41.1 Å². The minimum Gasteiger partial charge on any atom is -0.342 e. The molecule has 1 aromatic heterocycles. The number of rotatable bonds is 4. The molecule has 94 valence electrons. The second-order valence-electron chi connectivity index (χ2n) is 4.07. The van der Waals surface area contributed by atoms with Crippen molar-refractivity contribution < 1.29 is 9.18 Å². The van der Waals surface area contributed by atoms with E-state index in [2.05, 4.69) is 9.97 Å². The Morgan fingerprint density at radius 2 is 2.28 bits per heavy atom. The molecule has 18 heavy (non-hydrogen) atoms. The predicted octanol–water partition coefficient (Wildman–Crippen LogP) is 3.39. The van der Waals surface area contributed by atoms with Crippen LogP contribution in [0.5, 0.6) is 0 Å². The van der Waals surface area contributed by atoms with Crippen molar-refractivity contribution in [2.45, 2.75) is 19.8 Å². The number of nitrogens with one attached hydrogen (secondary N) is 1. The standard InChI is InChI=1S/C13H12ClFN2O/c1-8(18)2-5-13-16-7-12(17-13)9-3-4-11(15)10(14)6-9/h3-4,6-7H,2,5H2,1H3,(H,16,17). The molecular weight excluding hydrogens is 255 g/mol. The van der Waals surface area contributed by atoms with Crippen molar-refractivity contribution in [3.63, 3.8) is 0 Å². The van der Waals surface area contributed by atoms with E-state index in [-0.39, 0.29) is 10.8 Å². The van der Waals surface area contributed by atoms with Crippen LogP contribution in [0.3, 0.4) is 0 Å². The van der Waals surface area contributed by atoms with Crippen LogP contribution in [-0.4, -0.2) is 15.8 Å². The summed E-state index contributed by atoms with van der Waals surface area (Å²) in [4.78, 5) is 18.1. The van der Waals surface area contributed by atoms with Crippen molar-refractivity contribution in [3.8, 4) is 11.3 Å². The van der Waals surface area contributed by atoms with Gasteiger partial charge in [-0.2, -0.15) is 0 Å². The highest BCUT2D eigenvalue weighted by Crippen LogP contribution is 2.23. The van der Waals surface area contributed by atoms with E-state index in [0.29, 0.717) is 12.8 Å². The van der Waals surface area contributed by atoms with Crippen LogP contribution >= 0.6 is 11.6 Å². The van der Waals surface area contributed by atoms with Gasteiger partial charge < -0.3 is 9.78 Å². The van der Waals surface area contributed by atoms with Gasteiger partial charge >= 0.3 is 0 Å². The van der Waals surface area contributed by atoms with E-state index in [1.165, 1.54) is 6.07 Å². The number of aromatic amines is 1. The predicted molar refractivity (Wildman–Crippen MR) is 68.0 cm³/mol. The minimum atomic E-state index is -0.447. The molecule has 0 aliphatic carbocycles. The van der Waals surface area contributed by atoms with Gasteiger partial charge in [-0.05, 0) is 25.1 Å². The summed E-state index contributed by atoms with van der Waals surface area (Å²) in [6.45, 7) is 1.55. The highest BCUT2D eigenvalue weighted by molar-refractivity contribution is 6.31. The summed E-state index contributed by atoms with van der Waals surface area (Å²) in [5.74, 6) is 0.412. The van der Waals surface area contributed by atoms with Gasteiger partial charge in [-0.1, -0.05) is 11.6 Å². The number of hydrogen-bond acceptors (Lipinski definition) is 2. The maximum Gasteiger partial charge on any atom is 0.141 e. The molecule has 0 unspecified atom stereocenters. The normalized spacial score (nSPS) is 10.6. The molecule has 0 saturated heterocycles. The van der Waals surface area contributed by atoms with Gasteiger partial charge in [0.05, 0.1) is 16.9 Å². The summed E-state index contributed by atoms with van der Waals surface area (Å²) in [7, 11) is 0. The van der Waals surface area contributed by atoms with Crippen LogP contribution in [0.1, 0.15) is 19.2 Å². The number of nitrogens with zero attached hydrogens (tertiary/aromatic N) is 1. The Bertz CT molecular complexity index is 580. The van der Waals surface area contributed by atoms with Crippen molar-refractivity contribution in [2.24, 2.45) is 0 Å². The van der Waals surface area contributed by atoms with Crippen LogP contribution in [0.4, 0.5) is 4.39 Å². The molecule has 0 radical (unpaired) electrons. The Balaban J connectivity index is 2.18. The van der Waals surface area contributed by atoms with Gasteiger partial charge in [-0.15, -0.1) is 0 Å². The Kier molecular flexibility index (Phi) is 3.77. The van der Waals surface area contributed by atoms with Crippen LogP contribution in [0.2, 0.25) is 5.02 Å². The number of carbonyl (C=O) groups excluding carboxylic acids is 1. The summed E-state index contributed by atoms with van der Waals surface area (Å²) >= 11 is 5.72. The number of aromatic nitrogens is 2. The Morgan fingerprint density at radius 1 is 1.50 bits per heavy atom. The van der Waals surface area contributed by atoms with Crippen molar-refractivity contribution in [1.29, 1.82) is 0 Å². The fourth-order valence-electron chi connectivity index (χ4n) is 1.59. The molecular formula is C13H12ClFN2O. The van der Waals surface area contributed by atoms with E-state index in [9.17, 15) is 9.18 Å². The summed E-state index contributed by atoms with van der Waals surface area (Å²) in [6, 6.07) is 4.48. The van der Waals surface area contributed by atoms with Crippen LogP contribution in [-0.2, 0) is 11.2 Å². The van der Waals surface area contributed by atoms with Gasteiger partial charge in [0, 0.05) is 18.4 Å². The molecule has 0 bridgehead atoms. The number of ketones is 1. The minimum absolute atomic E-state index is 0.0763. The van der Waals surface area contributed by atoms with E-state index in [0.717, 1.165) is 17.1 Å². The molecule has 0 aliphatic rings. The zero-order valence-corrected chi connectivity index (χ0v) is 10.6. The molecule has 2 rings (SSSR count). The molecule has 1 aromatic carbocycles. The van der Waals surface area contributed by atoms with Gasteiger partial charge in [0.15, 0.2) is 0 Å². The smallest absolute Gasteiger partial charge is 0.141 e. The summed E-state index contributed by atoms with van der Waals surface area (Å²) in [5.41, 5.74) is 1.53. The molecule has 2 aromatic rings. The van der Waals surface area contributed by atoms with E-state index in [4.69, 9.17) is 11.6 Å². The molecule has 0 saturated carbocycles. The SMILES string of the molecule is CC(=O)CCc1ncc(-c2ccc(F)c(Cl)c2)[nH]1. The molecule has 0 fully saturated rings. The summed E-state index contributed by atoms with van der Waals surface area (Å²) < 4.78 is 13.0. The number of carbonyl (C=O) groups is 1. The number of Topliss-reactive ketones (excluding diaryl/α,β-unsaturated/α-hetero) is 1.